The highest BCUT2D eigenvalue weighted by molar-refractivity contribution is 7.11. The summed E-state index contributed by atoms with van der Waals surface area (Å²) in [5, 5.41) is 9.48. The molecule has 106 valence electrons. The number of hydrogen-bond donors (Lipinski definition) is 1. The lowest BCUT2D eigenvalue weighted by molar-refractivity contribution is -0.136. The number of anilines is 1. The topological polar surface area (TPSA) is 53.4 Å². The van der Waals surface area contributed by atoms with Crippen LogP contribution in [0.4, 0.5) is 5.69 Å². The number of thiazole rings is 1. The summed E-state index contributed by atoms with van der Waals surface area (Å²) >= 11 is 1.49. The Morgan fingerprint density at radius 1 is 1.30 bits per heavy atom. The monoisotopic (exact) mass is 290 g/mol. The van der Waals surface area contributed by atoms with Crippen LogP contribution in [0.25, 0.3) is 0 Å². The number of carbonyl (C=O) groups is 1. The van der Waals surface area contributed by atoms with Crippen molar-refractivity contribution in [3.63, 3.8) is 0 Å². The lowest BCUT2D eigenvalue weighted by Crippen LogP contribution is -2.08. The van der Waals surface area contributed by atoms with Crippen LogP contribution < -0.4 is 4.90 Å². The van der Waals surface area contributed by atoms with Gasteiger partial charge in [-0.25, -0.2) is 4.98 Å². The maximum Gasteiger partial charge on any atom is 0.310 e. The highest BCUT2D eigenvalue weighted by Crippen LogP contribution is 2.23. The zero-order valence-corrected chi connectivity index (χ0v) is 12.7. The summed E-state index contributed by atoms with van der Waals surface area (Å²) in [5.74, 6) is -0.833. The van der Waals surface area contributed by atoms with Gasteiger partial charge in [0.25, 0.3) is 0 Å². The van der Waals surface area contributed by atoms with Crippen LogP contribution in [-0.2, 0) is 17.6 Å². The standard InChI is InChI=1S/C15H18N2O2S/c1-10-13(20-14(16-10)9-15(18)19)8-11-4-6-12(7-5-11)17(2)3/h4-7H,8-9H2,1-3H3,(H,18,19). The summed E-state index contributed by atoms with van der Waals surface area (Å²) in [4.78, 5) is 18.2. The Morgan fingerprint density at radius 2 is 1.95 bits per heavy atom. The van der Waals surface area contributed by atoms with Crippen molar-refractivity contribution in [1.82, 2.24) is 4.98 Å². The highest BCUT2D eigenvalue weighted by atomic mass is 32.1. The van der Waals surface area contributed by atoms with Gasteiger partial charge in [-0.05, 0) is 24.6 Å². The summed E-state index contributed by atoms with van der Waals surface area (Å²) in [6, 6.07) is 8.38. The Balaban J connectivity index is 2.13. The number of carboxylic acid groups (broad SMARTS) is 1. The largest absolute Gasteiger partial charge is 0.481 e. The van der Waals surface area contributed by atoms with Gasteiger partial charge < -0.3 is 10.0 Å². The molecule has 0 saturated carbocycles. The lowest BCUT2D eigenvalue weighted by atomic mass is 10.1. The van der Waals surface area contributed by atoms with E-state index in [1.807, 2.05) is 21.0 Å². The van der Waals surface area contributed by atoms with Crippen molar-refractivity contribution in [3.8, 4) is 0 Å². The number of aromatic nitrogens is 1. The van der Waals surface area contributed by atoms with E-state index in [0.717, 1.165) is 17.0 Å². The van der Waals surface area contributed by atoms with Crippen LogP contribution in [0.3, 0.4) is 0 Å². The van der Waals surface area contributed by atoms with Crippen LogP contribution in [0, 0.1) is 6.92 Å². The Kier molecular flexibility index (Phi) is 4.39. The predicted molar refractivity (Wildman–Crippen MR) is 81.8 cm³/mol. The molecule has 4 nitrogen and oxygen atoms in total. The van der Waals surface area contributed by atoms with E-state index in [1.165, 1.54) is 22.6 Å². The minimum Gasteiger partial charge on any atom is -0.481 e. The fraction of sp³-hybridized carbons (Fsp3) is 0.333. The van der Waals surface area contributed by atoms with Crippen LogP contribution in [0.15, 0.2) is 24.3 Å². The second-order valence-corrected chi connectivity index (χ2v) is 6.09. The SMILES string of the molecule is Cc1nc(CC(=O)O)sc1Cc1ccc(N(C)C)cc1. The van der Waals surface area contributed by atoms with Crippen molar-refractivity contribution in [2.24, 2.45) is 0 Å². The van der Waals surface area contributed by atoms with E-state index in [0.29, 0.717) is 5.01 Å². The quantitative estimate of drug-likeness (QED) is 0.920. The van der Waals surface area contributed by atoms with Gasteiger partial charge >= 0.3 is 5.97 Å². The molecule has 20 heavy (non-hydrogen) atoms. The van der Waals surface area contributed by atoms with Crippen molar-refractivity contribution in [1.29, 1.82) is 0 Å². The second-order valence-electron chi connectivity index (χ2n) is 4.92. The third kappa shape index (κ3) is 3.57. The first-order valence-corrected chi connectivity index (χ1v) is 7.20. The van der Waals surface area contributed by atoms with Gasteiger partial charge in [-0.1, -0.05) is 12.1 Å². The van der Waals surface area contributed by atoms with Gasteiger partial charge in [0.05, 0.1) is 12.1 Å². The lowest BCUT2D eigenvalue weighted by Gasteiger charge is -2.12. The molecule has 0 unspecified atom stereocenters. The Morgan fingerprint density at radius 3 is 2.50 bits per heavy atom. The summed E-state index contributed by atoms with van der Waals surface area (Å²) in [6.07, 6.45) is 0.807. The van der Waals surface area contributed by atoms with Crippen LogP contribution in [0.1, 0.15) is 21.1 Å². The molecule has 0 bridgehead atoms. The van der Waals surface area contributed by atoms with Crippen LogP contribution in [0.5, 0.6) is 0 Å². The molecule has 0 amide bonds. The summed E-state index contributed by atoms with van der Waals surface area (Å²) in [7, 11) is 4.03. The van der Waals surface area contributed by atoms with Gasteiger partial charge in [0.15, 0.2) is 0 Å². The first-order valence-electron chi connectivity index (χ1n) is 6.39. The third-order valence-electron chi connectivity index (χ3n) is 3.06. The predicted octanol–water partition coefficient (Wildman–Crippen LogP) is 2.74. The van der Waals surface area contributed by atoms with Crippen molar-refractivity contribution in [2.75, 3.05) is 19.0 Å². The summed E-state index contributed by atoms with van der Waals surface area (Å²) < 4.78 is 0. The Labute approximate surface area is 122 Å². The number of aliphatic carboxylic acids is 1. The molecule has 1 heterocycles. The van der Waals surface area contributed by atoms with Crippen LogP contribution in [-0.4, -0.2) is 30.2 Å². The molecule has 0 aliphatic heterocycles. The van der Waals surface area contributed by atoms with E-state index in [-0.39, 0.29) is 6.42 Å². The van der Waals surface area contributed by atoms with Crippen LogP contribution >= 0.6 is 11.3 Å². The number of nitrogens with zero attached hydrogens (tertiary/aromatic N) is 2. The zero-order valence-electron chi connectivity index (χ0n) is 11.9. The molecule has 1 aromatic heterocycles. The highest BCUT2D eigenvalue weighted by Gasteiger charge is 2.11. The van der Waals surface area contributed by atoms with Gasteiger partial charge in [-0.3, -0.25) is 4.79 Å². The van der Waals surface area contributed by atoms with Gasteiger partial charge in [-0.15, -0.1) is 11.3 Å². The maximum absolute atomic E-state index is 10.7. The first kappa shape index (κ1) is 14.5. The normalized spacial score (nSPS) is 10.6. The summed E-state index contributed by atoms with van der Waals surface area (Å²) in [6.45, 7) is 1.94. The molecular formula is C15H18N2O2S. The van der Waals surface area contributed by atoms with Crippen molar-refractivity contribution >= 4 is 23.0 Å². The van der Waals surface area contributed by atoms with Crippen molar-refractivity contribution in [3.05, 3.63) is 45.4 Å². The second kappa shape index (κ2) is 6.05. The van der Waals surface area contributed by atoms with E-state index >= 15 is 0 Å². The van der Waals surface area contributed by atoms with Crippen molar-refractivity contribution < 1.29 is 9.90 Å². The van der Waals surface area contributed by atoms with Crippen molar-refractivity contribution in [2.45, 2.75) is 19.8 Å². The van der Waals surface area contributed by atoms with Gasteiger partial charge in [0.2, 0.25) is 0 Å². The molecule has 0 radical (unpaired) electrons. The van der Waals surface area contributed by atoms with Gasteiger partial charge in [-0.2, -0.15) is 0 Å². The molecule has 5 heteroatoms. The molecule has 0 fully saturated rings. The van der Waals surface area contributed by atoms with E-state index in [4.69, 9.17) is 5.11 Å². The van der Waals surface area contributed by atoms with Gasteiger partial charge in [0, 0.05) is 31.1 Å². The molecule has 0 saturated heterocycles. The zero-order chi connectivity index (χ0) is 14.7. The molecule has 1 aromatic carbocycles. The summed E-state index contributed by atoms with van der Waals surface area (Å²) in [5.41, 5.74) is 3.31. The Hall–Kier alpha value is -1.88. The number of benzene rings is 1. The van der Waals surface area contributed by atoms with E-state index in [9.17, 15) is 4.79 Å². The number of carboxylic acids is 1. The molecule has 2 aromatic rings. The Bertz CT molecular complexity index is 603. The van der Waals surface area contributed by atoms with E-state index < -0.39 is 5.97 Å². The molecule has 0 spiro atoms. The minimum atomic E-state index is -0.833. The maximum atomic E-state index is 10.7. The van der Waals surface area contributed by atoms with Gasteiger partial charge in [0.1, 0.15) is 5.01 Å². The van der Waals surface area contributed by atoms with Crippen LogP contribution in [0.2, 0.25) is 0 Å². The molecule has 1 N–H and O–H groups in total. The molecule has 0 atom stereocenters. The molecule has 0 aliphatic carbocycles. The fourth-order valence-electron chi connectivity index (χ4n) is 1.95. The number of hydrogen-bond acceptors (Lipinski definition) is 4. The van der Waals surface area contributed by atoms with E-state index in [2.05, 4.69) is 34.1 Å². The number of aryl methyl sites for hydroxylation is 1. The van der Waals surface area contributed by atoms with E-state index in [1.54, 1.807) is 0 Å². The average molecular weight is 290 g/mol. The first-order chi connectivity index (χ1) is 9.45. The third-order valence-corrected chi connectivity index (χ3v) is 4.21. The number of rotatable bonds is 5. The minimum absolute atomic E-state index is 0.00503. The average Bonchev–Trinajstić information content (AvgIpc) is 2.69. The fourth-order valence-corrected chi connectivity index (χ4v) is 3.05. The smallest absolute Gasteiger partial charge is 0.310 e. The molecule has 2 rings (SSSR count). The molecule has 0 aliphatic rings. The molecular weight excluding hydrogens is 272 g/mol.